The van der Waals surface area contributed by atoms with Crippen molar-refractivity contribution >= 4 is 11.7 Å². The number of hydrogen-bond donors (Lipinski definition) is 1. The van der Waals surface area contributed by atoms with Crippen LogP contribution in [0.25, 0.3) is 0 Å². The van der Waals surface area contributed by atoms with Gasteiger partial charge in [-0.3, -0.25) is 4.79 Å². The minimum atomic E-state index is -4.43. The molecule has 0 aromatic carbocycles. The first-order valence-corrected chi connectivity index (χ1v) is 5.41. The fraction of sp³-hybridized carbons (Fsp3) is 0.455. The molecule has 0 aliphatic rings. The Morgan fingerprint density at radius 2 is 2.17 bits per heavy atom. The maximum absolute atomic E-state index is 12.4. The van der Waals surface area contributed by atoms with E-state index in [4.69, 9.17) is 5.73 Å². The third-order valence-corrected chi connectivity index (χ3v) is 2.22. The molecule has 0 aliphatic heterocycles. The first-order chi connectivity index (χ1) is 8.35. The smallest absolute Gasteiger partial charge is 0.383 e. The number of carbonyl (C=O) groups is 1. The molecule has 1 heterocycles. The van der Waals surface area contributed by atoms with Crippen molar-refractivity contribution in [1.29, 1.82) is 0 Å². The second kappa shape index (κ2) is 5.70. The maximum Gasteiger partial charge on any atom is 0.406 e. The van der Waals surface area contributed by atoms with E-state index in [-0.39, 0.29) is 17.9 Å². The Morgan fingerprint density at radius 3 is 2.67 bits per heavy atom. The second-order valence-electron chi connectivity index (χ2n) is 3.78. The van der Waals surface area contributed by atoms with Crippen molar-refractivity contribution in [2.75, 3.05) is 18.8 Å². The molecule has 1 aromatic rings. The van der Waals surface area contributed by atoms with Gasteiger partial charge >= 0.3 is 6.18 Å². The molecular weight excluding hydrogens is 247 g/mol. The third-order valence-electron chi connectivity index (χ3n) is 2.22. The van der Waals surface area contributed by atoms with Gasteiger partial charge in [0.25, 0.3) is 5.91 Å². The van der Waals surface area contributed by atoms with E-state index in [1.807, 2.05) is 0 Å². The van der Waals surface area contributed by atoms with Crippen molar-refractivity contribution in [1.82, 2.24) is 9.88 Å². The van der Waals surface area contributed by atoms with Gasteiger partial charge in [-0.05, 0) is 18.6 Å². The summed E-state index contributed by atoms with van der Waals surface area (Å²) < 4.78 is 37.1. The number of anilines is 1. The van der Waals surface area contributed by atoms with Crippen molar-refractivity contribution in [2.24, 2.45) is 0 Å². The van der Waals surface area contributed by atoms with Gasteiger partial charge in [0.1, 0.15) is 12.4 Å². The first-order valence-electron chi connectivity index (χ1n) is 5.41. The number of carbonyl (C=O) groups excluding carboxylic acids is 1. The first kappa shape index (κ1) is 14.3. The molecule has 0 saturated carbocycles. The highest BCUT2D eigenvalue weighted by atomic mass is 19.4. The Morgan fingerprint density at radius 1 is 1.50 bits per heavy atom. The molecule has 1 rings (SSSR count). The van der Waals surface area contributed by atoms with Crippen molar-refractivity contribution in [3.05, 3.63) is 23.9 Å². The summed E-state index contributed by atoms with van der Waals surface area (Å²) in [4.78, 5) is 16.4. The van der Waals surface area contributed by atoms with Crippen LogP contribution >= 0.6 is 0 Å². The number of nitrogens with zero attached hydrogens (tertiary/aromatic N) is 2. The lowest BCUT2D eigenvalue weighted by atomic mass is 10.2. The molecule has 0 aliphatic carbocycles. The van der Waals surface area contributed by atoms with Crippen LogP contribution in [0.2, 0.25) is 0 Å². The normalized spacial score (nSPS) is 11.3. The summed E-state index contributed by atoms with van der Waals surface area (Å²) in [7, 11) is 0. The van der Waals surface area contributed by atoms with Crippen LogP contribution in [0.5, 0.6) is 0 Å². The van der Waals surface area contributed by atoms with Gasteiger partial charge in [0.2, 0.25) is 0 Å². The molecule has 0 saturated heterocycles. The number of hydrogen-bond acceptors (Lipinski definition) is 3. The Kier molecular flexibility index (Phi) is 4.52. The summed E-state index contributed by atoms with van der Waals surface area (Å²) in [6.07, 6.45) is -2.62. The highest BCUT2D eigenvalue weighted by molar-refractivity contribution is 5.98. The lowest BCUT2D eigenvalue weighted by molar-refractivity contribution is -0.140. The van der Waals surface area contributed by atoms with Crippen LogP contribution in [0, 0.1) is 0 Å². The number of amides is 1. The van der Waals surface area contributed by atoms with E-state index in [1.54, 1.807) is 6.92 Å². The van der Waals surface area contributed by atoms with Gasteiger partial charge in [-0.2, -0.15) is 13.2 Å². The number of aromatic nitrogens is 1. The molecule has 2 N–H and O–H groups in total. The summed E-state index contributed by atoms with van der Waals surface area (Å²) in [5.74, 6) is -0.814. The van der Waals surface area contributed by atoms with Gasteiger partial charge < -0.3 is 10.6 Å². The van der Waals surface area contributed by atoms with Gasteiger partial charge in [0, 0.05) is 12.7 Å². The Balaban J connectivity index is 2.93. The summed E-state index contributed by atoms with van der Waals surface area (Å²) in [5.41, 5.74) is 5.47. The fourth-order valence-corrected chi connectivity index (χ4v) is 1.51. The summed E-state index contributed by atoms with van der Waals surface area (Å²) in [6, 6.07) is 2.82. The summed E-state index contributed by atoms with van der Waals surface area (Å²) in [5, 5.41) is 0. The Labute approximate surface area is 103 Å². The number of nitrogens with two attached hydrogens (primary N) is 1. The quantitative estimate of drug-likeness (QED) is 0.902. The van der Waals surface area contributed by atoms with E-state index in [0.717, 1.165) is 4.90 Å². The summed E-state index contributed by atoms with van der Waals surface area (Å²) >= 11 is 0. The molecule has 0 spiro atoms. The molecule has 100 valence electrons. The van der Waals surface area contributed by atoms with E-state index < -0.39 is 18.6 Å². The molecule has 0 bridgehead atoms. The average Bonchev–Trinajstić information content (AvgIpc) is 2.26. The van der Waals surface area contributed by atoms with Gasteiger partial charge in [-0.15, -0.1) is 0 Å². The largest absolute Gasteiger partial charge is 0.406 e. The van der Waals surface area contributed by atoms with Gasteiger partial charge in [0.05, 0.1) is 5.56 Å². The van der Waals surface area contributed by atoms with Crippen molar-refractivity contribution in [2.45, 2.75) is 19.5 Å². The lowest BCUT2D eigenvalue weighted by Crippen LogP contribution is -2.39. The molecule has 1 aromatic heterocycles. The summed E-state index contributed by atoms with van der Waals surface area (Å²) in [6.45, 7) is 0.434. The molecule has 0 fully saturated rings. The van der Waals surface area contributed by atoms with Crippen LogP contribution in [0.1, 0.15) is 23.7 Å². The topological polar surface area (TPSA) is 59.2 Å². The monoisotopic (exact) mass is 261 g/mol. The standard InChI is InChI=1S/C11H14F3N3O/c1-2-6-17(7-11(12,13)14)10(18)8-4-3-5-16-9(8)15/h3-5H,2,6-7H2,1H3,(H2,15,16). The zero-order valence-electron chi connectivity index (χ0n) is 9.87. The van der Waals surface area contributed by atoms with Gasteiger partial charge in [-0.1, -0.05) is 6.92 Å². The van der Waals surface area contributed by atoms with Crippen LogP contribution < -0.4 is 5.73 Å². The van der Waals surface area contributed by atoms with Crippen LogP contribution in [0.4, 0.5) is 19.0 Å². The van der Waals surface area contributed by atoms with Crippen LogP contribution in [0.15, 0.2) is 18.3 Å². The predicted molar refractivity (Wildman–Crippen MR) is 60.9 cm³/mol. The van der Waals surface area contributed by atoms with E-state index >= 15 is 0 Å². The Bertz CT molecular complexity index is 420. The number of pyridine rings is 1. The third kappa shape index (κ3) is 3.90. The maximum atomic E-state index is 12.4. The molecule has 4 nitrogen and oxygen atoms in total. The lowest BCUT2D eigenvalue weighted by Gasteiger charge is -2.23. The number of rotatable bonds is 4. The van der Waals surface area contributed by atoms with E-state index in [2.05, 4.69) is 4.98 Å². The molecular formula is C11H14F3N3O. The van der Waals surface area contributed by atoms with E-state index in [1.165, 1.54) is 18.3 Å². The molecule has 7 heteroatoms. The molecule has 0 radical (unpaired) electrons. The van der Waals surface area contributed by atoms with Crippen molar-refractivity contribution in [3.63, 3.8) is 0 Å². The molecule has 18 heavy (non-hydrogen) atoms. The van der Waals surface area contributed by atoms with Crippen LogP contribution in [0.3, 0.4) is 0 Å². The minimum absolute atomic E-state index is 0.00444. The highest BCUT2D eigenvalue weighted by Gasteiger charge is 2.33. The van der Waals surface area contributed by atoms with Gasteiger partial charge in [0.15, 0.2) is 0 Å². The zero-order valence-corrected chi connectivity index (χ0v) is 9.87. The SMILES string of the molecule is CCCN(CC(F)(F)F)C(=O)c1cccnc1N. The van der Waals surface area contributed by atoms with Gasteiger partial charge in [-0.25, -0.2) is 4.98 Å². The average molecular weight is 261 g/mol. The van der Waals surface area contributed by atoms with Crippen LogP contribution in [-0.4, -0.2) is 35.1 Å². The Hall–Kier alpha value is -1.79. The fourth-order valence-electron chi connectivity index (χ4n) is 1.51. The second-order valence-corrected chi connectivity index (χ2v) is 3.78. The van der Waals surface area contributed by atoms with Crippen molar-refractivity contribution in [3.8, 4) is 0 Å². The van der Waals surface area contributed by atoms with Crippen LogP contribution in [-0.2, 0) is 0 Å². The minimum Gasteiger partial charge on any atom is -0.383 e. The molecule has 0 atom stereocenters. The van der Waals surface area contributed by atoms with E-state index in [0.29, 0.717) is 6.42 Å². The predicted octanol–water partition coefficient (Wildman–Crippen LogP) is 2.08. The number of halogens is 3. The van der Waals surface area contributed by atoms with Crippen molar-refractivity contribution < 1.29 is 18.0 Å². The highest BCUT2D eigenvalue weighted by Crippen LogP contribution is 2.19. The molecule has 0 unspecified atom stereocenters. The zero-order chi connectivity index (χ0) is 13.8. The molecule has 1 amide bonds. The number of alkyl halides is 3. The number of nitrogen functional groups attached to an aromatic ring is 1. The van der Waals surface area contributed by atoms with E-state index in [9.17, 15) is 18.0 Å².